The molecule has 4 aromatic heterocycles. The van der Waals surface area contributed by atoms with Crippen LogP contribution < -0.4 is 4.74 Å². The number of likely N-dealkylation sites (tertiary alicyclic amines) is 1. The molecular formula is C29H31F3N8O2. The molecule has 220 valence electrons. The summed E-state index contributed by atoms with van der Waals surface area (Å²) in [5, 5.41) is 25.8. The number of pyridine rings is 1. The molecule has 1 aliphatic heterocycles. The molecule has 0 amide bonds. The van der Waals surface area contributed by atoms with Gasteiger partial charge >= 0.3 is 6.18 Å². The molecule has 42 heavy (non-hydrogen) atoms. The Bertz CT molecular complexity index is 1600. The minimum absolute atomic E-state index is 0.0681. The number of alkyl halides is 3. The highest BCUT2D eigenvalue weighted by atomic mass is 19.4. The number of rotatable bonds is 7. The Morgan fingerprint density at radius 2 is 1.90 bits per heavy atom. The molecule has 1 saturated heterocycles. The summed E-state index contributed by atoms with van der Waals surface area (Å²) < 4.78 is 49.5. The zero-order valence-corrected chi connectivity index (χ0v) is 23.3. The summed E-state index contributed by atoms with van der Waals surface area (Å²) in [4.78, 5) is 17.7. The first-order valence-corrected chi connectivity index (χ1v) is 13.9. The monoisotopic (exact) mass is 580 g/mol. The van der Waals surface area contributed by atoms with Crippen molar-refractivity contribution in [2.45, 2.75) is 75.4 Å². The van der Waals surface area contributed by atoms with Gasteiger partial charge in [-0.2, -0.15) is 23.5 Å². The lowest BCUT2D eigenvalue weighted by molar-refractivity contribution is -0.183. The molecule has 1 aliphatic carbocycles. The van der Waals surface area contributed by atoms with Crippen molar-refractivity contribution in [3.05, 3.63) is 54.4 Å². The lowest BCUT2D eigenvalue weighted by Gasteiger charge is -2.57. The molecule has 0 aromatic carbocycles. The molecule has 0 bridgehead atoms. The van der Waals surface area contributed by atoms with Crippen LogP contribution in [0.15, 0.2) is 43.1 Å². The highest BCUT2D eigenvalue weighted by Gasteiger charge is 2.55. The van der Waals surface area contributed by atoms with Crippen LogP contribution in [0.2, 0.25) is 0 Å². The van der Waals surface area contributed by atoms with Crippen molar-refractivity contribution in [3.8, 4) is 23.2 Å². The van der Waals surface area contributed by atoms with Gasteiger partial charge in [0.2, 0.25) is 5.88 Å². The van der Waals surface area contributed by atoms with Crippen LogP contribution >= 0.6 is 0 Å². The third-order valence-corrected chi connectivity index (χ3v) is 8.38. The van der Waals surface area contributed by atoms with E-state index in [2.05, 4.69) is 36.0 Å². The second-order valence-electron chi connectivity index (χ2n) is 11.8. The number of aromatic nitrogens is 6. The first-order chi connectivity index (χ1) is 19.9. The molecular weight excluding hydrogens is 549 g/mol. The van der Waals surface area contributed by atoms with Gasteiger partial charge in [0, 0.05) is 55.3 Å². The van der Waals surface area contributed by atoms with E-state index < -0.39 is 28.7 Å². The number of nitrogens with zero attached hydrogens (tertiary/aromatic N) is 7. The number of nitrogens with one attached hydrogen (secondary N) is 1. The zero-order chi connectivity index (χ0) is 29.8. The van der Waals surface area contributed by atoms with Crippen LogP contribution in [0, 0.1) is 11.3 Å². The molecule has 5 heterocycles. The van der Waals surface area contributed by atoms with Crippen molar-refractivity contribution < 1.29 is 23.0 Å². The fourth-order valence-electron chi connectivity index (χ4n) is 6.08. The van der Waals surface area contributed by atoms with Crippen LogP contribution in [-0.2, 0) is 17.3 Å². The molecule has 1 saturated carbocycles. The summed E-state index contributed by atoms with van der Waals surface area (Å²) in [5.74, 6) is -0.178. The smallest absolute Gasteiger partial charge is 0.433 e. The number of halogens is 3. The molecule has 10 nitrogen and oxygen atoms in total. The van der Waals surface area contributed by atoms with Gasteiger partial charge in [-0.05, 0) is 44.4 Å². The lowest BCUT2D eigenvalue weighted by atomic mass is 9.80. The van der Waals surface area contributed by atoms with Crippen molar-refractivity contribution >= 4 is 11.0 Å². The van der Waals surface area contributed by atoms with Crippen LogP contribution in [0.3, 0.4) is 0 Å². The minimum Gasteiger partial charge on any atom is -0.456 e. The van der Waals surface area contributed by atoms with Gasteiger partial charge in [0.25, 0.3) is 0 Å². The molecule has 6 rings (SSSR count). The van der Waals surface area contributed by atoms with E-state index in [-0.39, 0.29) is 17.9 Å². The number of fused-ring (bicyclic) bond motifs is 1. The summed E-state index contributed by atoms with van der Waals surface area (Å²) in [6, 6.07) is 6.43. The first-order valence-electron chi connectivity index (χ1n) is 13.9. The van der Waals surface area contributed by atoms with Gasteiger partial charge in [-0.25, -0.2) is 15.0 Å². The van der Waals surface area contributed by atoms with Gasteiger partial charge in [0.05, 0.1) is 30.0 Å². The maximum Gasteiger partial charge on any atom is 0.433 e. The van der Waals surface area contributed by atoms with Crippen molar-refractivity contribution in [1.82, 2.24) is 34.6 Å². The second-order valence-corrected chi connectivity index (χ2v) is 11.8. The summed E-state index contributed by atoms with van der Waals surface area (Å²) in [7, 11) is 0. The predicted octanol–water partition coefficient (Wildman–Crippen LogP) is 5.13. The number of ether oxygens (including phenoxy) is 1. The van der Waals surface area contributed by atoms with Crippen LogP contribution in [0.4, 0.5) is 13.2 Å². The third-order valence-electron chi connectivity index (χ3n) is 8.38. The lowest BCUT2D eigenvalue weighted by Crippen LogP contribution is -2.71. The highest BCUT2D eigenvalue weighted by molar-refractivity contribution is 5.90. The number of H-pyrrole nitrogens is 1. The van der Waals surface area contributed by atoms with Crippen LogP contribution in [0.5, 0.6) is 5.88 Å². The molecule has 2 N–H and O–H groups in total. The number of hydrogen-bond donors (Lipinski definition) is 2. The number of aliphatic hydroxyl groups is 1. The average Bonchev–Trinajstić information content (AvgIpc) is 3.60. The van der Waals surface area contributed by atoms with E-state index in [0.29, 0.717) is 31.6 Å². The van der Waals surface area contributed by atoms with E-state index in [1.54, 1.807) is 17.1 Å². The van der Waals surface area contributed by atoms with Gasteiger partial charge in [-0.15, -0.1) is 0 Å². The fourth-order valence-corrected chi connectivity index (χ4v) is 6.08. The Kier molecular flexibility index (Phi) is 6.74. The molecule has 0 atom stereocenters. The maximum atomic E-state index is 13.8. The van der Waals surface area contributed by atoms with E-state index in [0.717, 1.165) is 42.0 Å². The summed E-state index contributed by atoms with van der Waals surface area (Å²) in [5.41, 5.74) is -1.89. The Morgan fingerprint density at radius 1 is 1.14 bits per heavy atom. The van der Waals surface area contributed by atoms with E-state index >= 15 is 0 Å². The van der Waals surface area contributed by atoms with Crippen molar-refractivity contribution in [1.29, 1.82) is 5.26 Å². The van der Waals surface area contributed by atoms with Crippen LogP contribution in [0.25, 0.3) is 22.3 Å². The minimum atomic E-state index is -4.70. The quantitative estimate of drug-likeness (QED) is 0.308. The predicted molar refractivity (Wildman–Crippen MR) is 146 cm³/mol. The molecule has 13 heteroatoms. The average molecular weight is 581 g/mol. The second kappa shape index (κ2) is 10.1. The SMILES string of the molecule is CC(C)(O)c1cc(OC2(N3CC(CC#N)(n4cc(-c5ncnc6[nH]ccc56)cn4)C3)CCCCC2)nc(C(F)(F)F)c1. The topological polar surface area (TPSA) is 129 Å². The van der Waals surface area contributed by atoms with Crippen molar-refractivity contribution in [2.24, 2.45) is 0 Å². The zero-order valence-electron chi connectivity index (χ0n) is 23.3. The molecule has 0 radical (unpaired) electrons. The molecule has 4 aromatic rings. The Morgan fingerprint density at radius 3 is 2.60 bits per heavy atom. The first kappa shape index (κ1) is 28.1. The summed E-state index contributed by atoms with van der Waals surface area (Å²) in [6.07, 6.45) is 6.22. The van der Waals surface area contributed by atoms with Gasteiger partial charge in [-0.3, -0.25) is 9.58 Å². The highest BCUT2D eigenvalue weighted by Crippen LogP contribution is 2.45. The van der Waals surface area contributed by atoms with Crippen LogP contribution in [0.1, 0.15) is 63.6 Å². The Hall–Kier alpha value is -4.02. The normalized spacial score (nSPS) is 18.9. The van der Waals surface area contributed by atoms with Crippen LogP contribution in [-0.4, -0.2) is 58.5 Å². The maximum absolute atomic E-state index is 13.8. The summed E-state index contributed by atoms with van der Waals surface area (Å²) >= 11 is 0. The van der Waals surface area contributed by atoms with Gasteiger partial charge in [0.15, 0.2) is 5.72 Å². The van der Waals surface area contributed by atoms with Gasteiger partial charge in [-0.1, -0.05) is 6.42 Å². The molecule has 0 unspecified atom stereocenters. The van der Waals surface area contributed by atoms with E-state index in [4.69, 9.17) is 4.74 Å². The standard InChI is InChI=1S/C29H31F3N8O2/c1-26(2,41)20-12-22(29(30,31)32)38-23(13-20)42-28(7-4-3-5-8-28)39-16-27(17-39,9-10-33)40-15-19(14-37-40)24-21-6-11-34-25(21)36-18-35-24/h6,11-15,18,41H,3-5,7-9,16-17H2,1-2H3,(H,34,35,36). The summed E-state index contributed by atoms with van der Waals surface area (Å²) in [6.45, 7) is 3.69. The fraction of sp³-hybridized carbons (Fsp3) is 0.483. The largest absolute Gasteiger partial charge is 0.456 e. The van der Waals surface area contributed by atoms with Crippen molar-refractivity contribution in [2.75, 3.05) is 13.1 Å². The van der Waals surface area contributed by atoms with Gasteiger partial charge in [0.1, 0.15) is 23.2 Å². The van der Waals surface area contributed by atoms with E-state index in [1.165, 1.54) is 26.2 Å². The third kappa shape index (κ3) is 4.98. The number of nitriles is 1. The molecule has 2 aliphatic rings. The Labute approximate surface area is 240 Å². The molecule has 0 spiro atoms. The Balaban J connectivity index is 1.31. The van der Waals surface area contributed by atoms with Crippen molar-refractivity contribution in [3.63, 3.8) is 0 Å². The number of aromatic amines is 1. The van der Waals surface area contributed by atoms with E-state index in [9.17, 15) is 23.5 Å². The number of hydrogen-bond acceptors (Lipinski definition) is 8. The van der Waals surface area contributed by atoms with Gasteiger partial charge < -0.3 is 14.8 Å². The molecule has 2 fully saturated rings. The van der Waals surface area contributed by atoms with E-state index in [1.807, 2.05) is 12.3 Å².